The second-order valence-corrected chi connectivity index (χ2v) is 4.59. The molecule has 0 unspecified atom stereocenters. The maximum absolute atomic E-state index is 4.33. The molecule has 0 aliphatic rings. The van der Waals surface area contributed by atoms with E-state index in [4.69, 9.17) is 0 Å². The molecule has 1 N–H and O–H groups in total. The molecule has 2 rings (SSSR count). The Hall–Kier alpha value is -1.19. The Morgan fingerprint density at radius 2 is 2.31 bits per heavy atom. The Kier molecular flexibility index (Phi) is 4.08. The molecule has 0 saturated carbocycles. The molecular formula is C13H16N2S. The lowest BCUT2D eigenvalue weighted by Gasteiger charge is -2.12. The summed E-state index contributed by atoms with van der Waals surface area (Å²) in [6, 6.07) is 8.53. The number of nitrogens with one attached hydrogen (secondary N) is 1. The molecule has 0 saturated heterocycles. The van der Waals surface area contributed by atoms with Gasteiger partial charge in [-0.15, -0.1) is 0 Å². The van der Waals surface area contributed by atoms with Crippen molar-refractivity contribution in [3.63, 3.8) is 0 Å². The van der Waals surface area contributed by atoms with Crippen molar-refractivity contribution in [2.24, 2.45) is 0 Å². The summed E-state index contributed by atoms with van der Waals surface area (Å²) < 4.78 is 0. The fourth-order valence-electron chi connectivity index (χ4n) is 1.60. The zero-order valence-corrected chi connectivity index (χ0v) is 10.2. The topological polar surface area (TPSA) is 24.9 Å². The third-order valence-electron chi connectivity index (χ3n) is 2.58. The van der Waals surface area contributed by atoms with Crippen molar-refractivity contribution in [3.8, 4) is 0 Å². The number of hydrogen-bond donors (Lipinski definition) is 1. The van der Waals surface area contributed by atoms with E-state index in [9.17, 15) is 0 Å². The second-order valence-electron chi connectivity index (χ2n) is 3.81. The highest BCUT2D eigenvalue weighted by molar-refractivity contribution is 7.07. The fraction of sp³-hybridized carbons (Fsp3) is 0.308. The van der Waals surface area contributed by atoms with Gasteiger partial charge in [-0.3, -0.25) is 4.98 Å². The maximum atomic E-state index is 4.33. The van der Waals surface area contributed by atoms with Crippen molar-refractivity contribution >= 4 is 11.3 Å². The Balaban J connectivity index is 1.78. The van der Waals surface area contributed by atoms with Crippen LogP contribution in [0.2, 0.25) is 0 Å². The van der Waals surface area contributed by atoms with Crippen LogP contribution in [0.1, 0.15) is 24.2 Å². The summed E-state index contributed by atoms with van der Waals surface area (Å²) in [5.74, 6) is 0. The van der Waals surface area contributed by atoms with Gasteiger partial charge in [0.05, 0.1) is 5.69 Å². The minimum absolute atomic E-state index is 0.319. The highest BCUT2D eigenvalue weighted by Gasteiger charge is 2.04. The monoisotopic (exact) mass is 232 g/mol. The molecule has 84 valence electrons. The van der Waals surface area contributed by atoms with Crippen molar-refractivity contribution in [1.29, 1.82) is 0 Å². The van der Waals surface area contributed by atoms with Gasteiger partial charge in [0.25, 0.3) is 0 Å². The van der Waals surface area contributed by atoms with E-state index in [2.05, 4.69) is 40.1 Å². The summed E-state index contributed by atoms with van der Waals surface area (Å²) in [6.45, 7) is 3.14. The standard InChI is InChI=1S/C13H16N2S/c1-11(13-4-2-3-7-15-13)14-8-5-12-6-9-16-10-12/h2-4,6-7,9-11,14H,5,8H2,1H3/t11-/m1/s1. The molecule has 0 radical (unpaired) electrons. The van der Waals surface area contributed by atoms with E-state index in [1.165, 1.54) is 5.56 Å². The van der Waals surface area contributed by atoms with Crippen molar-refractivity contribution in [2.75, 3.05) is 6.54 Å². The Labute approximate surface area is 100 Å². The molecule has 3 heteroatoms. The Bertz CT molecular complexity index is 397. The van der Waals surface area contributed by atoms with Crippen LogP contribution in [0.5, 0.6) is 0 Å². The van der Waals surface area contributed by atoms with E-state index in [0.717, 1.165) is 18.7 Å². The first kappa shape index (κ1) is 11.3. The Morgan fingerprint density at radius 1 is 1.38 bits per heavy atom. The van der Waals surface area contributed by atoms with Crippen molar-refractivity contribution in [3.05, 3.63) is 52.5 Å². The van der Waals surface area contributed by atoms with Gasteiger partial charge in [0.2, 0.25) is 0 Å². The van der Waals surface area contributed by atoms with Crippen LogP contribution in [0, 0.1) is 0 Å². The quantitative estimate of drug-likeness (QED) is 0.857. The predicted octanol–water partition coefficient (Wildman–Crippen LogP) is 3.04. The molecule has 0 aromatic carbocycles. The van der Waals surface area contributed by atoms with Crippen LogP contribution in [-0.4, -0.2) is 11.5 Å². The lowest BCUT2D eigenvalue weighted by molar-refractivity contribution is 0.564. The summed E-state index contributed by atoms with van der Waals surface area (Å²) in [6.07, 6.45) is 2.92. The summed E-state index contributed by atoms with van der Waals surface area (Å²) in [5, 5.41) is 7.80. The molecular weight excluding hydrogens is 216 g/mol. The van der Waals surface area contributed by atoms with Gasteiger partial charge in [-0.25, -0.2) is 0 Å². The molecule has 2 nitrogen and oxygen atoms in total. The molecule has 0 aliphatic carbocycles. The number of rotatable bonds is 5. The first-order chi connectivity index (χ1) is 7.86. The molecule has 0 spiro atoms. The van der Waals surface area contributed by atoms with Crippen LogP contribution < -0.4 is 5.32 Å². The smallest absolute Gasteiger partial charge is 0.0570 e. The molecule has 0 fully saturated rings. The summed E-state index contributed by atoms with van der Waals surface area (Å²) in [7, 11) is 0. The molecule has 0 bridgehead atoms. The molecule has 0 amide bonds. The summed E-state index contributed by atoms with van der Waals surface area (Å²) >= 11 is 1.75. The molecule has 16 heavy (non-hydrogen) atoms. The molecule has 2 aromatic heterocycles. The van der Waals surface area contributed by atoms with E-state index in [-0.39, 0.29) is 0 Å². The third kappa shape index (κ3) is 3.15. The SMILES string of the molecule is C[C@@H](NCCc1ccsc1)c1ccccn1. The predicted molar refractivity (Wildman–Crippen MR) is 68.7 cm³/mol. The van der Waals surface area contributed by atoms with E-state index in [1.807, 2.05) is 18.3 Å². The first-order valence-corrected chi connectivity index (χ1v) is 6.46. The average Bonchev–Trinajstić information content (AvgIpc) is 2.83. The van der Waals surface area contributed by atoms with Gasteiger partial charge in [-0.2, -0.15) is 11.3 Å². The number of thiophene rings is 1. The van der Waals surface area contributed by atoms with Gasteiger partial charge in [-0.1, -0.05) is 6.07 Å². The molecule has 1 atom stereocenters. The van der Waals surface area contributed by atoms with Crippen LogP contribution in [-0.2, 0) is 6.42 Å². The first-order valence-electron chi connectivity index (χ1n) is 5.51. The minimum atomic E-state index is 0.319. The van der Waals surface area contributed by atoms with Gasteiger partial charge in [-0.05, 0) is 54.4 Å². The van der Waals surface area contributed by atoms with Crippen molar-refractivity contribution in [1.82, 2.24) is 10.3 Å². The fourth-order valence-corrected chi connectivity index (χ4v) is 2.31. The number of nitrogens with zero attached hydrogens (tertiary/aromatic N) is 1. The third-order valence-corrected chi connectivity index (χ3v) is 3.31. The van der Waals surface area contributed by atoms with Crippen molar-refractivity contribution in [2.45, 2.75) is 19.4 Å². The highest BCUT2D eigenvalue weighted by Crippen LogP contribution is 2.09. The molecule has 2 heterocycles. The van der Waals surface area contributed by atoms with E-state index in [1.54, 1.807) is 11.3 Å². The van der Waals surface area contributed by atoms with Crippen LogP contribution >= 0.6 is 11.3 Å². The van der Waals surface area contributed by atoms with Crippen LogP contribution in [0.25, 0.3) is 0 Å². The maximum Gasteiger partial charge on any atom is 0.0570 e. The van der Waals surface area contributed by atoms with E-state index >= 15 is 0 Å². The van der Waals surface area contributed by atoms with Gasteiger partial charge >= 0.3 is 0 Å². The molecule has 2 aromatic rings. The Morgan fingerprint density at radius 3 is 3.00 bits per heavy atom. The zero-order chi connectivity index (χ0) is 11.2. The van der Waals surface area contributed by atoms with Gasteiger partial charge < -0.3 is 5.32 Å². The summed E-state index contributed by atoms with van der Waals surface area (Å²) in [4.78, 5) is 4.33. The lowest BCUT2D eigenvalue weighted by atomic mass is 10.2. The molecule has 0 aliphatic heterocycles. The zero-order valence-electron chi connectivity index (χ0n) is 9.39. The van der Waals surface area contributed by atoms with Gasteiger partial charge in [0.15, 0.2) is 0 Å². The van der Waals surface area contributed by atoms with Gasteiger partial charge in [0.1, 0.15) is 0 Å². The van der Waals surface area contributed by atoms with Crippen LogP contribution in [0.4, 0.5) is 0 Å². The number of aromatic nitrogens is 1. The summed E-state index contributed by atoms with van der Waals surface area (Å²) in [5.41, 5.74) is 2.51. The minimum Gasteiger partial charge on any atom is -0.309 e. The highest BCUT2D eigenvalue weighted by atomic mass is 32.1. The van der Waals surface area contributed by atoms with E-state index < -0.39 is 0 Å². The van der Waals surface area contributed by atoms with Crippen LogP contribution in [0.15, 0.2) is 41.2 Å². The van der Waals surface area contributed by atoms with Gasteiger partial charge in [0, 0.05) is 12.2 Å². The van der Waals surface area contributed by atoms with Crippen LogP contribution in [0.3, 0.4) is 0 Å². The normalized spacial score (nSPS) is 12.6. The van der Waals surface area contributed by atoms with E-state index in [0.29, 0.717) is 6.04 Å². The van der Waals surface area contributed by atoms with Crippen molar-refractivity contribution < 1.29 is 0 Å². The largest absolute Gasteiger partial charge is 0.309 e. The average molecular weight is 232 g/mol. The number of hydrogen-bond acceptors (Lipinski definition) is 3. The lowest BCUT2D eigenvalue weighted by Crippen LogP contribution is -2.21. The number of pyridine rings is 1. The second kappa shape index (κ2) is 5.77.